The van der Waals surface area contributed by atoms with E-state index >= 15 is 0 Å². The molecular weight excluding hydrogens is 430 g/mol. The Hall–Kier alpha value is -4.06. The molecule has 174 valence electrons. The number of hydrogen-bond donors (Lipinski definition) is 2. The number of aryl methyl sites for hydroxylation is 1. The molecule has 6 heteroatoms. The highest BCUT2D eigenvalue weighted by Crippen LogP contribution is 2.43. The van der Waals surface area contributed by atoms with Gasteiger partial charge >= 0.3 is 0 Å². The van der Waals surface area contributed by atoms with Gasteiger partial charge in [-0.3, -0.25) is 14.5 Å². The standard InChI is InChI=1S/C28H27NO5/c1-17(2)16-34-23-9-5-7-20(15-23)26(31)24-25(19-6-4-8-22(30)14-19)29(28(33)27(24)32)21-12-10-18(3)11-13-21/h4-15,17,25,30-31H,16H2,1-3H3/b26-24-. The minimum absolute atomic E-state index is 0.00363. The van der Waals surface area contributed by atoms with E-state index in [0.29, 0.717) is 35.1 Å². The Kier molecular flexibility index (Phi) is 6.41. The Balaban J connectivity index is 1.86. The molecular formula is C28H27NO5. The first kappa shape index (κ1) is 23.1. The van der Waals surface area contributed by atoms with E-state index in [1.54, 1.807) is 48.5 Å². The number of aliphatic hydroxyl groups excluding tert-OH is 1. The van der Waals surface area contributed by atoms with E-state index in [-0.39, 0.29) is 17.1 Å². The Labute approximate surface area is 198 Å². The largest absolute Gasteiger partial charge is 0.508 e. The van der Waals surface area contributed by atoms with Crippen molar-refractivity contribution >= 4 is 23.1 Å². The normalized spacial score (nSPS) is 17.4. The number of aliphatic hydroxyl groups is 1. The number of ether oxygens (including phenoxy) is 1. The second kappa shape index (κ2) is 9.43. The van der Waals surface area contributed by atoms with Gasteiger partial charge in [-0.15, -0.1) is 0 Å². The van der Waals surface area contributed by atoms with Crippen molar-refractivity contribution in [2.24, 2.45) is 5.92 Å². The second-order valence-electron chi connectivity index (χ2n) is 8.83. The summed E-state index contributed by atoms with van der Waals surface area (Å²) in [5.74, 6) is -0.958. The lowest BCUT2D eigenvalue weighted by atomic mass is 9.95. The van der Waals surface area contributed by atoms with Crippen LogP contribution in [0.15, 0.2) is 78.4 Å². The number of phenolic OH excluding ortho intramolecular Hbond substituents is 1. The summed E-state index contributed by atoms with van der Waals surface area (Å²) in [5.41, 5.74) is 2.36. The van der Waals surface area contributed by atoms with Crippen LogP contribution in [-0.2, 0) is 9.59 Å². The smallest absolute Gasteiger partial charge is 0.300 e. The number of phenols is 1. The van der Waals surface area contributed by atoms with Crippen molar-refractivity contribution in [1.29, 1.82) is 0 Å². The number of Topliss-reactive ketones (excluding diaryl/α,β-unsaturated/α-hetero) is 1. The first-order chi connectivity index (χ1) is 16.3. The average Bonchev–Trinajstić information content (AvgIpc) is 3.08. The molecule has 1 aliphatic rings. The predicted molar refractivity (Wildman–Crippen MR) is 131 cm³/mol. The van der Waals surface area contributed by atoms with Crippen LogP contribution in [0.5, 0.6) is 11.5 Å². The summed E-state index contributed by atoms with van der Waals surface area (Å²) in [6.07, 6.45) is 0. The fourth-order valence-electron chi connectivity index (χ4n) is 3.97. The van der Waals surface area contributed by atoms with Crippen LogP contribution in [-0.4, -0.2) is 28.5 Å². The summed E-state index contributed by atoms with van der Waals surface area (Å²) in [7, 11) is 0. The number of carbonyl (C=O) groups excluding carboxylic acids is 2. The Morgan fingerprint density at radius 3 is 2.38 bits per heavy atom. The summed E-state index contributed by atoms with van der Waals surface area (Å²) in [6, 6.07) is 19.5. The van der Waals surface area contributed by atoms with Gasteiger partial charge in [0.05, 0.1) is 18.2 Å². The highest BCUT2D eigenvalue weighted by molar-refractivity contribution is 6.51. The van der Waals surface area contributed by atoms with Crippen molar-refractivity contribution in [2.75, 3.05) is 11.5 Å². The third-order valence-electron chi connectivity index (χ3n) is 5.63. The number of nitrogens with zero attached hydrogens (tertiary/aromatic N) is 1. The van der Waals surface area contributed by atoms with Crippen molar-refractivity contribution in [2.45, 2.75) is 26.8 Å². The summed E-state index contributed by atoms with van der Waals surface area (Å²) < 4.78 is 5.77. The van der Waals surface area contributed by atoms with Gasteiger partial charge in [0.25, 0.3) is 11.7 Å². The molecule has 0 spiro atoms. The van der Waals surface area contributed by atoms with Gasteiger partial charge in [-0.05, 0) is 54.8 Å². The van der Waals surface area contributed by atoms with Crippen molar-refractivity contribution in [3.8, 4) is 11.5 Å². The van der Waals surface area contributed by atoms with E-state index < -0.39 is 17.7 Å². The number of hydrogen-bond acceptors (Lipinski definition) is 5. The topological polar surface area (TPSA) is 87.1 Å². The molecule has 1 aliphatic heterocycles. The molecule has 4 rings (SSSR count). The molecule has 1 atom stereocenters. The van der Waals surface area contributed by atoms with Crippen LogP contribution in [0, 0.1) is 12.8 Å². The Morgan fingerprint density at radius 1 is 1.00 bits per heavy atom. The molecule has 1 heterocycles. The van der Waals surface area contributed by atoms with E-state index in [9.17, 15) is 19.8 Å². The number of carbonyl (C=O) groups is 2. The number of benzene rings is 3. The highest BCUT2D eigenvalue weighted by Gasteiger charge is 2.47. The first-order valence-electron chi connectivity index (χ1n) is 11.2. The van der Waals surface area contributed by atoms with E-state index in [2.05, 4.69) is 0 Å². The van der Waals surface area contributed by atoms with Crippen molar-refractivity contribution < 1.29 is 24.5 Å². The lowest BCUT2D eigenvalue weighted by Crippen LogP contribution is -2.29. The maximum atomic E-state index is 13.2. The lowest BCUT2D eigenvalue weighted by Gasteiger charge is -2.25. The summed E-state index contributed by atoms with van der Waals surface area (Å²) in [6.45, 7) is 6.50. The van der Waals surface area contributed by atoms with Crippen LogP contribution in [0.25, 0.3) is 5.76 Å². The van der Waals surface area contributed by atoms with Crippen molar-refractivity contribution in [3.05, 3.63) is 95.1 Å². The van der Waals surface area contributed by atoms with Gasteiger partial charge in [0.1, 0.15) is 17.3 Å². The lowest BCUT2D eigenvalue weighted by molar-refractivity contribution is -0.132. The minimum Gasteiger partial charge on any atom is -0.508 e. The van der Waals surface area contributed by atoms with Crippen LogP contribution >= 0.6 is 0 Å². The fraction of sp³-hybridized carbons (Fsp3) is 0.214. The van der Waals surface area contributed by atoms with Gasteiger partial charge in [-0.1, -0.05) is 55.8 Å². The van der Waals surface area contributed by atoms with E-state index in [0.717, 1.165) is 5.56 Å². The zero-order valence-electron chi connectivity index (χ0n) is 19.4. The van der Waals surface area contributed by atoms with Gasteiger partial charge in [0, 0.05) is 11.3 Å². The molecule has 0 aliphatic carbocycles. The maximum Gasteiger partial charge on any atom is 0.300 e. The molecule has 3 aromatic carbocycles. The second-order valence-corrected chi connectivity index (χ2v) is 8.83. The van der Waals surface area contributed by atoms with Crippen LogP contribution < -0.4 is 9.64 Å². The van der Waals surface area contributed by atoms with Gasteiger partial charge in [-0.25, -0.2) is 0 Å². The number of ketones is 1. The summed E-state index contributed by atoms with van der Waals surface area (Å²) in [5, 5.41) is 21.4. The van der Waals surface area contributed by atoms with Gasteiger partial charge in [0.15, 0.2) is 0 Å². The predicted octanol–water partition coefficient (Wildman–Crippen LogP) is 5.36. The maximum absolute atomic E-state index is 13.2. The molecule has 34 heavy (non-hydrogen) atoms. The number of aromatic hydroxyl groups is 1. The number of rotatable bonds is 6. The third-order valence-corrected chi connectivity index (χ3v) is 5.63. The zero-order chi connectivity index (χ0) is 24.4. The molecule has 0 bridgehead atoms. The molecule has 6 nitrogen and oxygen atoms in total. The van der Waals surface area contributed by atoms with Crippen LogP contribution in [0.1, 0.15) is 36.6 Å². The zero-order valence-corrected chi connectivity index (χ0v) is 19.4. The third kappa shape index (κ3) is 4.53. The van der Waals surface area contributed by atoms with E-state index in [4.69, 9.17) is 4.74 Å². The van der Waals surface area contributed by atoms with E-state index in [1.165, 1.54) is 17.0 Å². The monoisotopic (exact) mass is 457 g/mol. The van der Waals surface area contributed by atoms with Gasteiger partial charge in [0.2, 0.25) is 0 Å². The Morgan fingerprint density at radius 2 is 1.71 bits per heavy atom. The van der Waals surface area contributed by atoms with Gasteiger partial charge in [-0.2, -0.15) is 0 Å². The molecule has 0 saturated carbocycles. The SMILES string of the molecule is Cc1ccc(N2C(=O)C(=O)/C(=C(\O)c3cccc(OCC(C)C)c3)C2c2cccc(O)c2)cc1. The minimum atomic E-state index is -0.907. The molecule has 3 aromatic rings. The van der Waals surface area contributed by atoms with E-state index in [1.807, 2.05) is 32.9 Å². The molecule has 1 fully saturated rings. The molecule has 1 unspecified atom stereocenters. The molecule has 1 saturated heterocycles. The number of anilines is 1. The summed E-state index contributed by atoms with van der Waals surface area (Å²) in [4.78, 5) is 27.8. The van der Waals surface area contributed by atoms with Crippen LogP contribution in [0.3, 0.4) is 0 Å². The first-order valence-corrected chi connectivity index (χ1v) is 11.2. The van der Waals surface area contributed by atoms with Crippen molar-refractivity contribution in [1.82, 2.24) is 0 Å². The van der Waals surface area contributed by atoms with Crippen molar-refractivity contribution in [3.63, 3.8) is 0 Å². The van der Waals surface area contributed by atoms with Gasteiger partial charge < -0.3 is 14.9 Å². The number of amides is 1. The van der Waals surface area contributed by atoms with Crippen LogP contribution in [0.4, 0.5) is 5.69 Å². The molecule has 0 aromatic heterocycles. The summed E-state index contributed by atoms with van der Waals surface area (Å²) >= 11 is 0. The molecule has 2 N–H and O–H groups in total. The molecule has 0 radical (unpaired) electrons. The van der Waals surface area contributed by atoms with Crippen LogP contribution in [0.2, 0.25) is 0 Å². The quantitative estimate of drug-likeness (QED) is 0.296. The highest BCUT2D eigenvalue weighted by atomic mass is 16.5. The average molecular weight is 458 g/mol. The fourth-order valence-corrected chi connectivity index (χ4v) is 3.97. The Bertz CT molecular complexity index is 1260. The molecule has 1 amide bonds.